The topological polar surface area (TPSA) is 73.2 Å². The van der Waals surface area contributed by atoms with Crippen LogP contribution in [0.2, 0.25) is 0 Å². The Morgan fingerprint density at radius 3 is 1.75 bits per heavy atom. The Kier molecular flexibility index (Phi) is 5.65. The van der Waals surface area contributed by atoms with E-state index in [1.807, 2.05) is 57.2 Å². The normalized spacial score (nSPS) is 10.7. The van der Waals surface area contributed by atoms with Crippen molar-refractivity contribution in [2.75, 3.05) is 4.90 Å². The van der Waals surface area contributed by atoms with Gasteiger partial charge in [-0.1, -0.05) is 36.4 Å². The van der Waals surface area contributed by atoms with Gasteiger partial charge in [-0.15, -0.1) is 0 Å². The number of hydrogen-bond donors (Lipinski definition) is 3. The Labute approximate surface area is 187 Å². The molecular formula is C27H25NO4. The monoisotopic (exact) mass is 427 g/mol. The predicted octanol–water partition coefficient (Wildman–Crippen LogP) is 6.99. The van der Waals surface area contributed by atoms with E-state index in [9.17, 15) is 15.3 Å². The molecule has 0 bridgehead atoms. The van der Waals surface area contributed by atoms with Crippen LogP contribution in [-0.2, 0) is 0 Å². The molecule has 5 nitrogen and oxygen atoms in total. The van der Waals surface area contributed by atoms with Crippen molar-refractivity contribution in [3.05, 3.63) is 95.6 Å². The summed E-state index contributed by atoms with van der Waals surface area (Å²) in [4.78, 5) is 1.74. The molecule has 0 aromatic heterocycles. The second-order valence-corrected chi connectivity index (χ2v) is 7.81. The average molecular weight is 428 g/mol. The molecule has 3 N–H and O–H groups in total. The van der Waals surface area contributed by atoms with Gasteiger partial charge in [0.15, 0.2) is 17.2 Å². The highest BCUT2D eigenvalue weighted by Gasteiger charge is 2.23. The van der Waals surface area contributed by atoms with E-state index in [0.717, 1.165) is 16.7 Å². The summed E-state index contributed by atoms with van der Waals surface area (Å²) in [5, 5.41) is 31.9. The number of phenolic OH excluding ortho intramolecular Hbond substituents is 3. The molecule has 162 valence electrons. The number of rotatable bonds is 5. The Morgan fingerprint density at radius 1 is 0.594 bits per heavy atom. The third kappa shape index (κ3) is 4.05. The predicted molar refractivity (Wildman–Crippen MR) is 127 cm³/mol. The molecule has 0 amide bonds. The van der Waals surface area contributed by atoms with Crippen LogP contribution < -0.4 is 9.64 Å². The van der Waals surface area contributed by atoms with Gasteiger partial charge in [-0.25, -0.2) is 0 Å². The number of aryl methyl sites for hydroxylation is 3. The molecule has 0 saturated heterocycles. The summed E-state index contributed by atoms with van der Waals surface area (Å²) in [6.07, 6.45) is 0. The molecular weight excluding hydrogens is 402 g/mol. The molecule has 0 aliphatic carbocycles. The number of nitrogens with zero attached hydrogens (tertiary/aromatic N) is 1. The minimum atomic E-state index is 0.0303. The summed E-state index contributed by atoms with van der Waals surface area (Å²) in [7, 11) is 0. The zero-order chi connectivity index (χ0) is 22.8. The average Bonchev–Trinajstić information content (AvgIpc) is 2.74. The molecule has 4 aromatic carbocycles. The summed E-state index contributed by atoms with van der Waals surface area (Å²) < 4.78 is 6.17. The lowest BCUT2D eigenvalue weighted by molar-refractivity contribution is 0.409. The lowest BCUT2D eigenvalue weighted by Gasteiger charge is -2.28. The molecule has 0 spiro atoms. The van der Waals surface area contributed by atoms with Crippen molar-refractivity contribution in [2.45, 2.75) is 20.8 Å². The van der Waals surface area contributed by atoms with E-state index in [1.54, 1.807) is 47.4 Å². The van der Waals surface area contributed by atoms with Crippen LogP contribution in [0.25, 0.3) is 0 Å². The van der Waals surface area contributed by atoms with Gasteiger partial charge in [-0.3, -0.25) is 4.90 Å². The highest BCUT2D eigenvalue weighted by Crippen LogP contribution is 2.48. The standard InChI is InChI=1S/C27H25NO4/c1-17-11-13-20(24(30)15-17)28(21-14-12-18(2)16-25(21)31)22-8-4-5-10-26(22)32-27-19(3)7-6-9-23(27)29/h4-16,29-31H,1-3H3. The second-order valence-electron chi connectivity index (χ2n) is 7.81. The van der Waals surface area contributed by atoms with E-state index >= 15 is 0 Å². The number of aromatic hydroxyl groups is 3. The first-order chi connectivity index (χ1) is 15.3. The zero-order valence-electron chi connectivity index (χ0n) is 18.2. The Hall–Kier alpha value is -4.12. The van der Waals surface area contributed by atoms with Crippen LogP contribution >= 0.6 is 0 Å². The minimum Gasteiger partial charge on any atom is -0.506 e. The number of phenols is 3. The highest BCUT2D eigenvalue weighted by molar-refractivity contribution is 5.85. The van der Waals surface area contributed by atoms with Gasteiger partial charge in [-0.05, 0) is 79.9 Å². The third-order valence-corrected chi connectivity index (χ3v) is 5.25. The molecule has 4 aromatic rings. The van der Waals surface area contributed by atoms with Gasteiger partial charge < -0.3 is 20.1 Å². The molecule has 0 aliphatic rings. The first kappa shape index (κ1) is 21.1. The van der Waals surface area contributed by atoms with Crippen LogP contribution in [0, 0.1) is 20.8 Å². The van der Waals surface area contributed by atoms with E-state index in [4.69, 9.17) is 4.74 Å². The molecule has 0 aliphatic heterocycles. The Bertz CT molecular complexity index is 1210. The lowest BCUT2D eigenvalue weighted by Crippen LogP contribution is -2.12. The van der Waals surface area contributed by atoms with Gasteiger partial charge in [0.05, 0.1) is 17.1 Å². The molecule has 32 heavy (non-hydrogen) atoms. The van der Waals surface area contributed by atoms with E-state index in [-0.39, 0.29) is 17.2 Å². The van der Waals surface area contributed by atoms with Gasteiger partial charge in [0.1, 0.15) is 11.5 Å². The molecule has 0 radical (unpaired) electrons. The molecule has 0 heterocycles. The molecule has 0 atom stereocenters. The molecule has 0 fully saturated rings. The third-order valence-electron chi connectivity index (χ3n) is 5.25. The van der Waals surface area contributed by atoms with Gasteiger partial charge in [0.2, 0.25) is 0 Å². The quantitative estimate of drug-likeness (QED) is 0.320. The van der Waals surface area contributed by atoms with Crippen LogP contribution in [0.15, 0.2) is 78.9 Å². The summed E-state index contributed by atoms with van der Waals surface area (Å²) in [5.74, 6) is 0.970. The zero-order valence-corrected chi connectivity index (χ0v) is 18.2. The number of para-hydroxylation sites is 3. The van der Waals surface area contributed by atoms with Gasteiger partial charge >= 0.3 is 0 Å². The van der Waals surface area contributed by atoms with E-state index in [2.05, 4.69) is 0 Å². The maximum Gasteiger partial charge on any atom is 0.172 e. The molecule has 4 rings (SSSR count). The van der Waals surface area contributed by atoms with Crippen molar-refractivity contribution >= 4 is 17.1 Å². The van der Waals surface area contributed by atoms with Crippen molar-refractivity contribution in [1.29, 1.82) is 0 Å². The molecule has 0 unspecified atom stereocenters. The number of hydrogen-bond acceptors (Lipinski definition) is 5. The number of benzene rings is 4. The van der Waals surface area contributed by atoms with Gasteiger partial charge in [0, 0.05) is 0 Å². The highest BCUT2D eigenvalue weighted by atomic mass is 16.5. The van der Waals surface area contributed by atoms with E-state index in [0.29, 0.717) is 28.6 Å². The van der Waals surface area contributed by atoms with Crippen LogP contribution in [0.4, 0.5) is 17.1 Å². The molecule has 5 heteroatoms. The van der Waals surface area contributed by atoms with Crippen molar-refractivity contribution < 1.29 is 20.1 Å². The fraction of sp³-hybridized carbons (Fsp3) is 0.111. The van der Waals surface area contributed by atoms with Crippen molar-refractivity contribution in [1.82, 2.24) is 0 Å². The maximum atomic E-state index is 10.8. The van der Waals surface area contributed by atoms with Crippen molar-refractivity contribution in [3.63, 3.8) is 0 Å². The van der Waals surface area contributed by atoms with Gasteiger partial charge in [-0.2, -0.15) is 0 Å². The van der Waals surface area contributed by atoms with Crippen LogP contribution in [0.5, 0.6) is 28.7 Å². The second kappa shape index (κ2) is 8.55. The van der Waals surface area contributed by atoms with Gasteiger partial charge in [0.25, 0.3) is 0 Å². The summed E-state index contributed by atoms with van der Waals surface area (Å²) >= 11 is 0. The van der Waals surface area contributed by atoms with Crippen molar-refractivity contribution in [2.24, 2.45) is 0 Å². The van der Waals surface area contributed by atoms with Crippen LogP contribution in [0.3, 0.4) is 0 Å². The number of anilines is 3. The number of ether oxygens (including phenoxy) is 1. The minimum absolute atomic E-state index is 0.0303. The smallest absolute Gasteiger partial charge is 0.172 e. The Balaban J connectivity index is 1.93. The lowest BCUT2D eigenvalue weighted by atomic mass is 10.1. The first-order valence-corrected chi connectivity index (χ1v) is 10.3. The summed E-state index contributed by atoms with van der Waals surface area (Å²) in [5.41, 5.74) is 4.16. The largest absolute Gasteiger partial charge is 0.506 e. The summed E-state index contributed by atoms with van der Waals surface area (Å²) in [6.45, 7) is 5.65. The van der Waals surface area contributed by atoms with Crippen LogP contribution in [-0.4, -0.2) is 15.3 Å². The van der Waals surface area contributed by atoms with E-state index in [1.165, 1.54) is 0 Å². The fourth-order valence-electron chi connectivity index (χ4n) is 3.64. The fourth-order valence-corrected chi connectivity index (χ4v) is 3.64. The summed E-state index contributed by atoms with van der Waals surface area (Å²) in [6, 6.07) is 23.2. The van der Waals surface area contributed by atoms with Crippen molar-refractivity contribution in [3.8, 4) is 28.7 Å². The SMILES string of the molecule is Cc1ccc(N(c2ccc(C)cc2O)c2ccccc2Oc2c(C)cccc2O)c(O)c1. The van der Waals surface area contributed by atoms with E-state index < -0.39 is 0 Å². The maximum absolute atomic E-state index is 10.8. The first-order valence-electron chi connectivity index (χ1n) is 10.3. The Morgan fingerprint density at radius 2 is 1.19 bits per heavy atom. The van der Waals surface area contributed by atoms with Crippen LogP contribution in [0.1, 0.15) is 16.7 Å². The molecule has 0 saturated carbocycles.